The van der Waals surface area contributed by atoms with Crippen LogP contribution in [0.25, 0.3) is 22.2 Å². The second-order valence-electron chi connectivity index (χ2n) is 7.61. The summed E-state index contributed by atoms with van der Waals surface area (Å²) in [6.07, 6.45) is 3.80. The van der Waals surface area contributed by atoms with Crippen LogP contribution in [0.1, 0.15) is 5.56 Å². The Morgan fingerprint density at radius 1 is 1.00 bits per heavy atom. The first-order valence-corrected chi connectivity index (χ1v) is 12.2. The Hall–Kier alpha value is -3.58. The van der Waals surface area contributed by atoms with Crippen LogP contribution in [0.15, 0.2) is 84.5 Å². The van der Waals surface area contributed by atoms with Gasteiger partial charge in [0.1, 0.15) is 10.7 Å². The van der Waals surface area contributed by atoms with E-state index in [1.165, 1.54) is 6.08 Å². The molecule has 0 atom stereocenters. The van der Waals surface area contributed by atoms with Gasteiger partial charge in [-0.1, -0.05) is 42.5 Å². The molecule has 0 bridgehead atoms. The first-order valence-electron chi connectivity index (χ1n) is 10.6. The molecule has 2 heterocycles. The van der Waals surface area contributed by atoms with Crippen molar-refractivity contribution in [1.29, 1.82) is 0 Å². The van der Waals surface area contributed by atoms with Crippen molar-refractivity contribution in [2.24, 2.45) is 0 Å². The third-order valence-corrected chi connectivity index (χ3v) is 7.23. The number of hydrogen-bond donors (Lipinski definition) is 0. The fourth-order valence-electron chi connectivity index (χ4n) is 3.98. The maximum Gasteiger partial charge on any atom is 0.197 e. The van der Waals surface area contributed by atoms with Gasteiger partial charge in [-0.05, 0) is 47.4 Å². The van der Waals surface area contributed by atoms with E-state index in [4.69, 9.17) is 9.47 Å². The fourth-order valence-corrected chi connectivity index (χ4v) is 5.27. The molecule has 2 aromatic carbocycles. The van der Waals surface area contributed by atoms with Gasteiger partial charge in [0.05, 0.1) is 20.0 Å². The van der Waals surface area contributed by atoms with Crippen molar-refractivity contribution in [2.75, 3.05) is 20.0 Å². The zero-order chi connectivity index (χ0) is 23.4. The average Bonchev–Trinajstić information content (AvgIpc) is 3.22. The van der Waals surface area contributed by atoms with Gasteiger partial charge in [-0.25, -0.2) is 13.4 Å². The van der Waals surface area contributed by atoms with Crippen LogP contribution in [-0.2, 0) is 22.8 Å². The van der Waals surface area contributed by atoms with Crippen molar-refractivity contribution < 1.29 is 17.9 Å². The summed E-state index contributed by atoms with van der Waals surface area (Å²) in [7, 11) is -0.393. The minimum atomic E-state index is -3.57. The highest BCUT2D eigenvalue weighted by atomic mass is 32.2. The van der Waals surface area contributed by atoms with Crippen molar-refractivity contribution in [2.45, 2.75) is 18.0 Å². The number of benzene rings is 2. The van der Waals surface area contributed by atoms with Crippen molar-refractivity contribution in [3.05, 3.63) is 85.1 Å². The summed E-state index contributed by atoms with van der Waals surface area (Å²) in [6, 6.07) is 19.2. The van der Waals surface area contributed by atoms with Gasteiger partial charge < -0.3 is 14.0 Å². The molecule has 0 spiro atoms. The molecule has 0 fully saturated rings. The zero-order valence-corrected chi connectivity index (χ0v) is 19.5. The quantitative estimate of drug-likeness (QED) is 0.330. The van der Waals surface area contributed by atoms with E-state index >= 15 is 0 Å². The van der Waals surface area contributed by atoms with Crippen LogP contribution in [0.5, 0.6) is 11.5 Å². The Bertz CT molecular complexity index is 1390. The van der Waals surface area contributed by atoms with Crippen LogP contribution in [0.3, 0.4) is 0 Å². The van der Waals surface area contributed by atoms with E-state index in [2.05, 4.69) is 11.6 Å². The van der Waals surface area contributed by atoms with Crippen LogP contribution in [0.2, 0.25) is 0 Å². The number of ether oxygens (including phenoxy) is 2. The van der Waals surface area contributed by atoms with Gasteiger partial charge in [-0.3, -0.25) is 0 Å². The standard InChI is InChI=1S/C26H26N2O4S/c1-4-16-33(29,30)25-18-22-21(20-10-11-23(31-2)24(17-20)32-3)12-14-27-26(22)28(25)15-13-19-8-6-5-7-9-19/h4-12,14,17-18H,1,13,15-16H2,2-3H3. The molecule has 7 heteroatoms. The third-order valence-electron chi connectivity index (χ3n) is 5.58. The first kappa shape index (κ1) is 22.6. The largest absolute Gasteiger partial charge is 0.493 e. The van der Waals surface area contributed by atoms with E-state index in [9.17, 15) is 8.42 Å². The van der Waals surface area contributed by atoms with E-state index in [-0.39, 0.29) is 10.8 Å². The highest BCUT2D eigenvalue weighted by molar-refractivity contribution is 7.91. The van der Waals surface area contributed by atoms with Gasteiger partial charge in [0.25, 0.3) is 0 Å². The molecule has 0 aliphatic carbocycles. The van der Waals surface area contributed by atoms with Crippen LogP contribution < -0.4 is 9.47 Å². The minimum absolute atomic E-state index is 0.139. The summed E-state index contributed by atoms with van der Waals surface area (Å²) in [5, 5.41) is 1.01. The summed E-state index contributed by atoms with van der Waals surface area (Å²) < 4.78 is 38.8. The number of sulfone groups is 1. The van der Waals surface area contributed by atoms with Gasteiger partial charge in [0, 0.05) is 18.1 Å². The number of fused-ring (bicyclic) bond motifs is 1. The summed E-state index contributed by atoms with van der Waals surface area (Å²) in [4.78, 5) is 4.57. The molecular weight excluding hydrogens is 436 g/mol. The van der Waals surface area contributed by atoms with Gasteiger partial charge >= 0.3 is 0 Å². The number of methoxy groups -OCH3 is 2. The van der Waals surface area contributed by atoms with E-state index in [1.807, 2.05) is 54.6 Å². The molecule has 0 aliphatic rings. The Morgan fingerprint density at radius 2 is 1.76 bits per heavy atom. The number of aryl methyl sites for hydroxylation is 2. The highest BCUT2D eigenvalue weighted by Crippen LogP contribution is 2.36. The molecule has 0 N–H and O–H groups in total. The van der Waals surface area contributed by atoms with E-state index in [1.54, 1.807) is 31.0 Å². The molecule has 0 saturated heterocycles. The zero-order valence-electron chi connectivity index (χ0n) is 18.7. The van der Waals surface area contributed by atoms with Gasteiger partial charge in [-0.15, -0.1) is 6.58 Å². The van der Waals surface area contributed by atoms with E-state index < -0.39 is 9.84 Å². The molecule has 4 aromatic rings. The molecule has 0 saturated carbocycles. The van der Waals surface area contributed by atoms with E-state index in [0.717, 1.165) is 22.1 Å². The maximum absolute atomic E-state index is 13.1. The fraction of sp³-hybridized carbons (Fsp3) is 0.192. The lowest BCUT2D eigenvalue weighted by Crippen LogP contribution is -2.13. The minimum Gasteiger partial charge on any atom is -0.493 e. The first-order chi connectivity index (χ1) is 16.0. The summed E-state index contributed by atoms with van der Waals surface area (Å²) >= 11 is 0. The SMILES string of the molecule is C=CCS(=O)(=O)c1cc2c(-c3ccc(OC)c(OC)c3)ccnc2n1CCc1ccccc1. The van der Waals surface area contributed by atoms with Gasteiger partial charge in [0.2, 0.25) is 0 Å². The lowest BCUT2D eigenvalue weighted by Gasteiger charge is -2.11. The molecule has 0 radical (unpaired) electrons. The summed E-state index contributed by atoms with van der Waals surface area (Å²) in [6.45, 7) is 4.11. The third kappa shape index (κ3) is 4.50. The number of rotatable bonds is 9. The number of nitrogens with zero attached hydrogens (tertiary/aromatic N) is 2. The number of hydrogen-bond acceptors (Lipinski definition) is 5. The predicted octanol–water partition coefficient (Wildman–Crippen LogP) is 4.92. The Morgan fingerprint density at radius 3 is 2.45 bits per heavy atom. The Balaban J connectivity index is 1.88. The topological polar surface area (TPSA) is 70.4 Å². The molecule has 4 rings (SSSR count). The van der Waals surface area contributed by atoms with Crippen molar-refractivity contribution in [3.63, 3.8) is 0 Å². The Labute approximate surface area is 194 Å². The lowest BCUT2D eigenvalue weighted by molar-refractivity contribution is 0.355. The van der Waals surface area contributed by atoms with Crippen molar-refractivity contribution in [3.8, 4) is 22.6 Å². The molecule has 170 valence electrons. The molecule has 2 aromatic heterocycles. The summed E-state index contributed by atoms with van der Waals surface area (Å²) in [5.41, 5.74) is 3.51. The van der Waals surface area contributed by atoms with Crippen LogP contribution in [0.4, 0.5) is 0 Å². The monoisotopic (exact) mass is 462 g/mol. The number of aromatic nitrogens is 2. The smallest absolute Gasteiger partial charge is 0.197 e. The van der Waals surface area contributed by atoms with Crippen LogP contribution >= 0.6 is 0 Å². The second kappa shape index (κ2) is 9.50. The molecule has 0 amide bonds. The highest BCUT2D eigenvalue weighted by Gasteiger charge is 2.23. The molecular formula is C26H26N2O4S. The van der Waals surface area contributed by atoms with Gasteiger partial charge in [0.15, 0.2) is 21.3 Å². The average molecular weight is 463 g/mol. The van der Waals surface area contributed by atoms with Crippen LogP contribution in [-0.4, -0.2) is 37.9 Å². The Kier molecular flexibility index (Phi) is 6.51. The molecule has 6 nitrogen and oxygen atoms in total. The molecule has 33 heavy (non-hydrogen) atoms. The number of pyridine rings is 1. The van der Waals surface area contributed by atoms with Crippen molar-refractivity contribution >= 4 is 20.9 Å². The lowest BCUT2D eigenvalue weighted by atomic mass is 10.0. The molecule has 0 aliphatic heterocycles. The summed E-state index contributed by atoms with van der Waals surface area (Å²) in [5.74, 6) is 1.09. The second-order valence-corrected chi connectivity index (χ2v) is 9.59. The van der Waals surface area contributed by atoms with Crippen LogP contribution in [0, 0.1) is 0 Å². The van der Waals surface area contributed by atoms with Gasteiger partial charge in [-0.2, -0.15) is 0 Å². The maximum atomic E-state index is 13.1. The molecule has 0 unspecified atom stereocenters. The van der Waals surface area contributed by atoms with Crippen molar-refractivity contribution in [1.82, 2.24) is 9.55 Å². The predicted molar refractivity (Wildman–Crippen MR) is 131 cm³/mol. The normalized spacial score (nSPS) is 11.5. The van der Waals surface area contributed by atoms with E-state index in [0.29, 0.717) is 30.1 Å².